The molecule has 0 bridgehead atoms. The molecule has 0 aromatic rings. The summed E-state index contributed by atoms with van der Waals surface area (Å²) in [5.41, 5.74) is -0.0571. The Morgan fingerprint density at radius 3 is 2.68 bits per heavy atom. The van der Waals surface area contributed by atoms with Crippen LogP contribution in [-0.2, 0) is 0 Å². The van der Waals surface area contributed by atoms with Crippen molar-refractivity contribution in [3.05, 3.63) is 0 Å². The molecule has 0 spiro atoms. The molecule has 4 heteroatoms. The molecule has 0 aliphatic heterocycles. The maximum Gasteiger partial charge on any atom is 0.191 e. The van der Waals surface area contributed by atoms with E-state index in [0.29, 0.717) is 12.5 Å². The van der Waals surface area contributed by atoms with Gasteiger partial charge in [0.05, 0.1) is 12.6 Å². The van der Waals surface area contributed by atoms with E-state index in [0.717, 1.165) is 38.3 Å². The highest BCUT2D eigenvalue weighted by Crippen LogP contribution is 2.36. The van der Waals surface area contributed by atoms with Gasteiger partial charge in [0, 0.05) is 18.5 Å². The van der Waals surface area contributed by atoms with Crippen molar-refractivity contribution >= 4 is 5.96 Å². The molecule has 0 saturated heterocycles. The molecule has 0 aromatic heterocycles. The van der Waals surface area contributed by atoms with Gasteiger partial charge in [0.2, 0.25) is 0 Å². The number of aliphatic hydroxyl groups excluding tert-OH is 1. The van der Waals surface area contributed by atoms with Crippen molar-refractivity contribution in [3.63, 3.8) is 0 Å². The van der Waals surface area contributed by atoms with Crippen LogP contribution in [0.15, 0.2) is 4.99 Å². The number of guanidine groups is 1. The van der Waals surface area contributed by atoms with Crippen LogP contribution in [0.1, 0.15) is 53.4 Å². The molecule has 2 unspecified atom stereocenters. The average Bonchev–Trinajstić information content (AvgIpc) is 2.36. The third kappa shape index (κ3) is 5.39. The molecule has 0 heterocycles. The molecule has 1 rings (SSSR count). The molecule has 4 nitrogen and oxygen atoms in total. The van der Waals surface area contributed by atoms with E-state index in [4.69, 9.17) is 0 Å². The monoisotopic (exact) mass is 269 g/mol. The fourth-order valence-electron chi connectivity index (χ4n) is 2.47. The number of nitrogens with one attached hydrogen (secondary N) is 2. The topological polar surface area (TPSA) is 56.7 Å². The molecule has 0 radical (unpaired) electrons. The zero-order chi connectivity index (χ0) is 14.3. The maximum atomic E-state index is 10.2. The summed E-state index contributed by atoms with van der Waals surface area (Å²) >= 11 is 0. The summed E-state index contributed by atoms with van der Waals surface area (Å²) < 4.78 is 0. The van der Waals surface area contributed by atoms with E-state index in [-0.39, 0.29) is 11.5 Å². The van der Waals surface area contributed by atoms with Gasteiger partial charge in [-0.15, -0.1) is 0 Å². The van der Waals surface area contributed by atoms with Crippen molar-refractivity contribution in [3.8, 4) is 0 Å². The molecule has 1 aliphatic carbocycles. The highest BCUT2D eigenvalue weighted by Gasteiger charge is 2.35. The summed E-state index contributed by atoms with van der Waals surface area (Å²) in [6.45, 7) is 11.1. The highest BCUT2D eigenvalue weighted by atomic mass is 16.3. The van der Waals surface area contributed by atoms with Crippen LogP contribution in [0.25, 0.3) is 0 Å². The van der Waals surface area contributed by atoms with Gasteiger partial charge in [0.15, 0.2) is 5.96 Å². The summed E-state index contributed by atoms with van der Waals surface area (Å²) in [7, 11) is 0. The van der Waals surface area contributed by atoms with Gasteiger partial charge in [-0.2, -0.15) is 0 Å². The minimum Gasteiger partial charge on any atom is -0.392 e. The van der Waals surface area contributed by atoms with E-state index in [1.165, 1.54) is 6.42 Å². The number of hydrogen-bond donors (Lipinski definition) is 3. The average molecular weight is 269 g/mol. The molecule has 112 valence electrons. The molecular formula is C15H31N3O. The van der Waals surface area contributed by atoms with Crippen LogP contribution >= 0.6 is 0 Å². The SMILES string of the molecule is CCNC(=NCC1(C)CCCCC1O)NCC(C)C. The van der Waals surface area contributed by atoms with Gasteiger partial charge >= 0.3 is 0 Å². The quantitative estimate of drug-likeness (QED) is 0.529. The van der Waals surface area contributed by atoms with E-state index < -0.39 is 0 Å². The third-order valence-electron chi connectivity index (χ3n) is 3.90. The lowest BCUT2D eigenvalue weighted by Gasteiger charge is -2.37. The lowest BCUT2D eigenvalue weighted by Crippen LogP contribution is -2.42. The fourth-order valence-corrected chi connectivity index (χ4v) is 2.47. The fraction of sp³-hybridized carbons (Fsp3) is 0.933. The van der Waals surface area contributed by atoms with Crippen molar-refractivity contribution < 1.29 is 5.11 Å². The van der Waals surface area contributed by atoms with Crippen LogP contribution in [0.5, 0.6) is 0 Å². The van der Waals surface area contributed by atoms with Crippen molar-refractivity contribution in [1.29, 1.82) is 0 Å². The largest absolute Gasteiger partial charge is 0.392 e. The highest BCUT2D eigenvalue weighted by molar-refractivity contribution is 5.79. The zero-order valence-electron chi connectivity index (χ0n) is 13.0. The van der Waals surface area contributed by atoms with Gasteiger partial charge in [-0.05, 0) is 25.7 Å². The first-order valence-electron chi connectivity index (χ1n) is 7.68. The summed E-state index contributed by atoms with van der Waals surface area (Å²) in [6.07, 6.45) is 4.13. The first kappa shape index (κ1) is 16.3. The minimum absolute atomic E-state index is 0.0571. The van der Waals surface area contributed by atoms with Gasteiger partial charge in [-0.3, -0.25) is 4.99 Å². The first-order valence-corrected chi connectivity index (χ1v) is 7.68. The smallest absolute Gasteiger partial charge is 0.191 e. The van der Waals surface area contributed by atoms with E-state index >= 15 is 0 Å². The van der Waals surface area contributed by atoms with Crippen molar-refractivity contribution in [2.75, 3.05) is 19.6 Å². The first-order chi connectivity index (χ1) is 8.98. The summed E-state index contributed by atoms with van der Waals surface area (Å²) in [5.74, 6) is 1.47. The maximum absolute atomic E-state index is 10.2. The van der Waals surface area contributed by atoms with E-state index in [1.54, 1.807) is 0 Å². The Balaban J connectivity index is 2.57. The van der Waals surface area contributed by atoms with Crippen molar-refractivity contribution in [2.45, 2.75) is 59.5 Å². The van der Waals surface area contributed by atoms with Crippen molar-refractivity contribution in [2.24, 2.45) is 16.3 Å². The second-order valence-electron chi connectivity index (χ2n) is 6.39. The van der Waals surface area contributed by atoms with Crippen LogP contribution in [0.3, 0.4) is 0 Å². The van der Waals surface area contributed by atoms with Crippen LogP contribution in [0.4, 0.5) is 0 Å². The Labute approximate surface area is 118 Å². The van der Waals surface area contributed by atoms with Crippen molar-refractivity contribution in [1.82, 2.24) is 10.6 Å². The second kappa shape index (κ2) is 7.73. The number of aliphatic hydroxyl groups is 1. The zero-order valence-corrected chi connectivity index (χ0v) is 13.0. The molecule has 1 fully saturated rings. The standard InChI is InChI=1S/C15H31N3O/c1-5-16-14(17-10-12(2)3)18-11-15(4)9-7-6-8-13(15)19/h12-13,19H,5-11H2,1-4H3,(H2,16,17,18). The predicted octanol–water partition coefficient (Wildman–Crippen LogP) is 2.14. The summed E-state index contributed by atoms with van der Waals surface area (Å²) in [4.78, 5) is 4.67. The molecule has 0 amide bonds. The number of hydrogen-bond acceptors (Lipinski definition) is 2. The molecule has 1 saturated carbocycles. The number of aliphatic imine (C=N–C) groups is 1. The van der Waals surface area contributed by atoms with Gasteiger partial charge in [-0.25, -0.2) is 0 Å². The normalized spacial score (nSPS) is 28.5. The molecular weight excluding hydrogens is 238 g/mol. The Morgan fingerprint density at radius 1 is 1.37 bits per heavy atom. The molecule has 3 N–H and O–H groups in total. The van der Waals surface area contributed by atoms with Gasteiger partial charge < -0.3 is 15.7 Å². The molecule has 19 heavy (non-hydrogen) atoms. The molecule has 0 aromatic carbocycles. The Hall–Kier alpha value is -0.770. The second-order valence-corrected chi connectivity index (χ2v) is 6.39. The van der Waals surface area contributed by atoms with Crippen LogP contribution in [-0.4, -0.2) is 36.8 Å². The van der Waals surface area contributed by atoms with E-state index in [2.05, 4.69) is 43.3 Å². The van der Waals surface area contributed by atoms with Crippen LogP contribution in [0, 0.1) is 11.3 Å². The summed E-state index contributed by atoms with van der Waals surface area (Å²) in [5, 5.41) is 16.8. The minimum atomic E-state index is -0.210. The van der Waals surface area contributed by atoms with E-state index in [1.807, 2.05) is 0 Å². The Bertz CT molecular complexity index is 291. The van der Waals surface area contributed by atoms with Crippen LogP contribution < -0.4 is 10.6 Å². The molecule has 2 atom stereocenters. The lowest BCUT2D eigenvalue weighted by molar-refractivity contribution is 0.00716. The lowest BCUT2D eigenvalue weighted by atomic mass is 9.73. The predicted molar refractivity (Wildman–Crippen MR) is 81.4 cm³/mol. The van der Waals surface area contributed by atoms with Crippen LogP contribution in [0.2, 0.25) is 0 Å². The molecule has 1 aliphatic rings. The Kier molecular flexibility index (Phi) is 6.63. The third-order valence-corrected chi connectivity index (χ3v) is 3.90. The summed E-state index contributed by atoms with van der Waals surface area (Å²) in [6, 6.07) is 0. The van der Waals surface area contributed by atoms with E-state index in [9.17, 15) is 5.11 Å². The number of nitrogens with zero attached hydrogens (tertiary/aromatic N) is 1. The van der Waals surface area contributed by atoms with Gasteiger partial charge in [-0.1, -0.05) is 33.6 Å². The number of rotatable bonds is 5. The van der Waals surface area contributed by atoms with Gasteiger partial charge in [0.25, 0.3) is 0 Å². The van der Waals surface area contributed by atoms with Gasteiger partial charge in [0.1, 0.15) is 0 Å². The Morgan fingerprint density at radius 2 is 2.11 bits per heavy atom.